The molecule has 2 aliphatic rings. The van der Waals surface area contributed by atoms with E-state index in [2.05, 4.69) is 20.6 Å². The number of aryl methyl sites for hydroxylation is 2. The summed E-state index contributed by atoms with van der Waals surface area (Å²) in [5.41, 5.74) is 3.52. The van der Waals surface area contributed by atoms with Crippen LogP contribution < -0.4 is 10.6 Å². The maximum atomic E-state index is 12.6. The number of carbonyl (C=O) groups is 2. The average molecular weight is 462 g/mol. The SMILES string of the molecule is Cc1ccc(-n2nc3c(c2NC(=O)C(=O)NCCN2CCOCC2)CS(=O)(=O)C3)c(C)c1. The first-order chi connectivity index (χ1) is 15.2. The molecular formula is C21H27N5O5S. The highest BCUT2D eigenvalue weighted by Gasteiger charge is 2.34. The largest absolute Gasteiger partial charge is 0.379 e. The number of hydrogen-bond donors (Lipinski definition) is 2. The number of nitrogens with one attached hydrogen (secondary N) is 2. The molecule has 2 N–H and O–H groups in total. The maximum Gasteiger partial charge on any atom is 0.314 e. The van der Waals surface area contributed by atoms with E-state index in [9.17, 15) is 18.0 Å². The molecule has 0 saturated carbocycles. The quantitative estimate of drug-likeness (QED) is 0.614. The molecule has 0 spiro atoms. The van der Waals surface area contributed by atoms with Crippen LogP contribution in [0.25, 0.3) is 5.69 Å². The highest BCUT2D eigenvalue weighted by molar-refractivity contribution is 7.90. The number of nitrogens with zero attached hydrogens (tertiary/aromatic N) is 3. The summed E-state index contributed by atoms with van der Waals surface area (Å²) in [5.74, 6) is -1.82. The summed E-state index contributed by atoms with van der Waals surface area (Å²) in [6.45, 7) is 7.73. The molecule has 4 rings (SSSR count). The highest BCUT2D eigenvalue weighted by Crippen LogP contribution is 2.33. The van der Waals surface area contributed by atoms with E-state index in [4.69, 9.17) is 4.74 Å². The monoisotopic (exact) mass is 461 g/mol. The number of sulfone groups is 1. The van der Waals surface area contributed by atoms with Gasteiger partial charge in [0.05, 0.1) is 36.1 Å². The predicted molar refractivity (Wildman–Crippen MR) is 118 cm³/mol. The summed E-state index contributed by atoms with van der Waals surface area (Å²) in [6, 6.07) is 5.75. The normalized spacial score (nSPS) is 17.7. The molecule has 10 nitrogen and oxygen atoms in total. The Labute approximate surface area is 186 Å². The van der Waals surface area contributed by atoms with Crippen molar-refractivity contribution >= 4 is 27.5 Å². The van der Waals surface area contributed by atoms with E-state index in [0.717, 1.165) is 24.2 Å². The summed E-state index contributed by atoms with van der Waals surface area (Å²) in [6.07, 6.45) is 0. The van der Waals surface area contributed by atoms with Gasteiger partial charge in [0.15, 0.2) is 9.84 Å². The van der Waals surface area contributed by atoms with Crippen LogP contribution in [-0.4, -0.2) is 74.3 Å². The molecule has 2 amide bonds. The lowest BCUT2D eigenvalue weighted by atomic mass is 10.1. The number of aromatic nitrogens is 2. The van der Waals surface area contributed by atoms with Crippen LogP contribution in [0.15, 0.2) is 18.2 Å². The van der Waals surface area contributed by atoms with Gasteiger partial charge in [-0.15, -0.1) is 0 Å². The van der Waals surface area contributed by atoms with Crippen LogP contribution >= 0.6 is 0 Å². The van der Waals surface area contributed by atoms with Gasteiger partial charge in [-0.1, -0.05) is 17.7 Å². The molecule has 1 aromatic carbocycles. The van der Waals surface area contributed by atoms with Crippen LogP contribution in [0.3, 0.4) is 0 Å². The molecule has 0 atom stereocenters. The minimum atomic E-state index is -3.33. The first-order valence-electron chi connectivity index (χ1n) is 10.5. The second kappa shape index (κ2) is 9.00. The number of benzene rings is 1. The number of fused-ring (bicyclic) bond motifs is 1. The van der Waals surface area contributed by atoms with Crippen LogP contribution in [0.1, 0.15) is 22.4 Å². The number of hydrogen-bond acceptors (Lipinski definition) is 7. The smallest absolute Gasteiger partial charge is 0.314 e. The lowest BCUT2D eigenvalue weighted by molar-refractivity contribution is -0.136. The Bertz CT molecular complexity index is 1150. The van der Waals surface area contributed by atoms with Gasteiger partial charge in [-0.05, 0) is 25.5 Å². The topological polar surface area (TPSA) is 123 Å². The predicted octanol–water partition coefficient (Wildman–Crippen LogP) is 0.304. The van der Waals surface area contributed by atoms with Crippen molar-refractivity contribution in [2.75, 3.05) is 44.7 Å². The molecule has 2 aliphatic heterocycles. The van der Waals surface area contributed by atoms with Gasteiger partial charge in [0.1, 0.15) is 5.82 Å². The molecule has 172 valence electrons. The van der Waals surface area contributed by atoms with Gasteiger partial charge in [0.2, 0.25) is 0 Å². The van der Waals surface area contributed by atoms with E-state index in [1.165, 1.54) is 4.68 Å². The molecule has 1 aromatic heterocycles. The molecule has 0 bridgehead atoms. The zero-order chi connectivity index (χ0) is 22.9. The van der Waals surface area contributed by atoms with Crippen LogP contribution in [0.4, 0.5) is 5.82 Å². The van der Waals surface area contributed by atoms with Crippen molar-refractivity contribution in [2.24, 2.45) is 0 Å². The fraction of sp³-hybridized carbons (Fsp3) is 0.476. The second-order valence-corrected chi connectivity index (χ2v) is 10.2. The Morgan fingerprint density at radius 3 is 2.59 bits per heavy atom. The first kappa shape index (κ1) is 22.4. The summed E-state index contributed by atoms with van der Waals surface area (Å²) in [7, 11) is -3.33. The molecule has 3 heterocycles. The van der Waals surface area contributed by atoms with E-state index < -0.39 is 21.7 Å². The van der Waals surface area contributed by atoms with E-state index in [1.54, 1.807) is 0 Å². The third-order valence-electron chi connectivity index (χ3n) is 5.62. The van der Waals surface area contributed by atoms with Gasteiger partial charge in [0, 0.05) is 31.7 Å². The number of rotatable bonds is 5. The third-order valence-corrected chi connectivity index (χ3v) is 7.07. The van der Waals surface area contributed by atoms with E-state index in [1.807, 2.05) is 32.0 Å². The number of morpholine rings is 1. The zero-order valence-electron chi connectivity index (χ0n) is 18.2. The summed E-state index contributed by atoms with van der Waals surface area (Å²) in [5, 5.41) is 9.69. The van der Waals surface area contributed by atoms with Crippen molar-refractivity contribution in [3.8, 4) is 5.69 Å². The molecule has 32 heavy (non-hydrogen) atoms. The van der Waals surface area contributed by atoms with Gasteiger partial charge in [-0.3, -0.25) is 14.5 Å². The van der Waals surface area contributed by atoms with Gasteiger partial charge in [-0.25, -0.2) is 13.1 Å². The van der Waals surface area contributed by atoms with Gasteiger partial charge in [-0.2, -0.15) is 5.10 Å². The van der Waals surface area contributed by atoms with Crippen molar-refractivity contribution in [1.29, 1.82) is 0 Å². The minimum Gasteiger partial charge on any atom is -0.379 e. The Morgan fingerprint density at radius 2 is 1.88 bits per heavy atom. The first-order valence-corrected chi connectivity index (χ1v) is 12.3. The Morgan fingerprint density at radius 1 is 1.12 bits per heavy atom. The third kappa shape index (κ3) is 4.84. The van der Waals surface area contributed by atoms with Crippen molar-refractivity contribution < 1.29 is 22.7 Å². The number of amides is 2. The maximum absolute atomic E-state index is 12.6. The molecule has 0 unspecified atom stereocenters. The molecule has 2 aromatic rings. The van der Waals surface area contributed by atoms with E-state index >= 15 is 0 Å². The van der Waals surface area contributed by atoms with E-state index in [-0.39, 0.29) is 17.3 Å². The van der Waals surface area contributed by atoms with Crippen molar-refractivity contribution in [2.45, 2.75) is 25.4 Å². The number of carbonyl (C=O) groups excluding carboxylic acids is 2. The molecule has 1 fully saturated rings. The van der Waals surface area contributed by atoms with Gasteiger partial charge < -0.3 is 15.4 Å². The fourth-order valence-electron chi connectivity index (χ4n) is 3.99. The van der Waals surface area contributed by atoms with Crippen LogP contribution in [0, 0.1) is 13.8 Å². The second-order valence-electron chi connectivity index (χ2n) is 8.17. The molecule has 0 aliphatic carbocycles. The Kier molecular flexibility index (Phi) is 6.31. The van der Waals surface area contributed by atoms with Crippen molar-refractivity contribution in [3.63, 3.8) is 0 Å². The number of ether oxygens (including phenoxy) is 1. The molecule has 0 radical (unpaired) electrons. The number of anilines is 1. The molecular weight excluding hydrogens is 434 g/mol. The standard InChI is InChI=1S/C21H27N5O5S/c1-14-3-4-18(15(2)11-14)26-19(16-12-32(29,30)13-17(16)24-26)23-21(28)20(27)22-5-6-25-7-9-31-10-8-25/h3-4,11H,5-10,12-13H2,1-2H3,(H,22,27)(H,23,28). The van der Waals surface area contributed by atoms with Crippen molar-refractivity contribution in [1.82, 2.24) is 20.0 Å². The molecule has 1 saturated heterocycles. The fourth-order valence-corrected chi connectivity index (χ4v) is 5.48. The molecule has 11 heteroatoms. The lowest BCUT2D eigenvalue weighted by Gasteiger charge is -2.26. The van der Waals surface area contributed by atoms with Gasteiger partial charge >= 0.3 is 11.8 Å². The zero-order valence-corrected chi connectivity index (χ0v) is 19.0. The van der Waals surface area contributed by atoms with Crippen LogP contribution in [-0.2, 0) is 35.7 Å². The summed E-state index contributed by atoms with van der Waals surface area (Å²) >= 11 is 0. The summed E-state index contributed by atoms with van der Waals surface area (Å²) < 4.78 is 31.0. The van der Waals surface area contributed by atoms with E-state index in [0.29, 0.717) is 43.2 Å². The van der Waals surface area contributed by atoms with Gasteiger partial charge in [0.25, 0.3) is 0 Å². The lowest BCUT2D eigenvalue weighted by Crippen LogP contribution is -2.43. The Balaban J connectivity index is 1.51. The highest BCUT2D eigenvalue weighted by atomic mass is 32.2. The Hall–Kier alpha value is -2.76. The van der Waals surface area contributed by atoms with Crippen LogP contribution in [0.5, 0.6) is 0 Å². The average Bonchev–Trinajstić information content (AvgIpc) is 3.21. The van der Waals surface area contributed by atoms with Crippen LogP contribution in [0.2, 0.25) is 0 Å². The summed E-state index contributed by atoms with van der Waals surface area (Å²) in [4.78, 5) is 27.2. The minimum absolute atomic E-state index is 0.186. The van der Waals surface area contributed by atoms with Crippen molar-refractivity contribution in [3.05, 3.63) is 40.6 Å².